The first-order chi connectivity index (χ1) is 12.2. The molecule has 1 aliphatic rings. The van der Waals surface area contributed by atoms with Gasteiger partial charge in [-0.3, -0.25) is 4.79 Å². The number of hydrogen-bond acceptors (Lipinski definition) is 6. The maximum absolute atomic E-state index is 12.1. The summed E-state index contributed by atoms with van der Waals surface area (Å²) in [5, 5.41) is 2.74. The van der Waals surface area contributed by atoms with E-state index in [0.717, 1.165) is 37.3 Å². The fourth-order valence-corrected chi connectivity index (χ4v) is 2.75. The molecule has 0 unspecified atom stereocenters. The molecule has 132 valence electrons. The Hall–Kier alpha value is -2.83. The Morgan fingerprint density at radius 1 is 1.20 bits per heavy atom. The summed E-state index contributed by atoms with van der Waals surface area (Å²) in [6.07, 6.45) is 3.79. The number of benzene rings is 1. The zero-order chi connectivity index (χ0) is 17.6. The number of rotatable bonds is 6. The van der Waals surface area contributed by atoms with Gasteiger partial charge in [0.2, 0.25) is 0 Å². The zero-order valence-electron chi connectivity index (χ0n) is 14.5. The first kappa shape index (κ1) is 17.0. The number of aryl methyl sites for hydroxylation is 1. The van der Waals surface area contributed by atoms with Crippen LogP contribution < -0.4 is 19.7 Å². The molecule has 1 saturated heterocycles. The van der Waals surface area contributed by atoms with Gasteiger partial charge in [0, 0.05) is 19.2 Å². The van der Waals surface area contributed by atoms with E-state index in [0.29, 0.717) is 17.3 Å². The maximum atomic E-state index is 12.1. The lowest BCUT2D eigenvalue weighted by molar-refractivity contribution is -0.118. The minimum absolute atomic E-state index is 0.123. The second kappa shape index (κ2) is 7.83. The number of carbonyl (C=O) groups excluding carboxylic acids is 1. The van der Waals surface area contributed by atoms with Gasteiger partial charge in [0.1, 0.15) is 18.0 Å². The molecule has 1 aromatic heterocycles. The largest absolute Gasteiger partial charge is 0.493 e. The van der Waals surface area contributed by atoms with Gasteiger partial charge >= 0.3 is 0 Å². The Balaban J connectivity index is 1.58. The SMILES string of the molecule is COc1cc(C)ccc1OCC(=O)Nc1cc(N2CCCC2)ncn1. The summed E-state index contributed by atoms with van der Waals surface area (Å²) in [7, 11) is 1.57. The van der Waals surface area contributed by atoms with Crippen molar-refractivity contribution in [2.75, 3.05) is 37.0 Å². The van der Waals surface area contributed by atoms with Crippen LogP contribution in [-0.4, -0.2) is 42.7 Å². The number of ether oxygens (including phenoxy) is 2. The average molecular weight is 342 g/mol. The van der Waals surface area contributed by atoms with Crippen molar-refractivity contribution < 1.29 is 14.3 Å². The van der Waals surface area contributed by atoms with Crippen molar-refractivity contribution in [2.45, 2.75) is 19.8 Å². The summed E-state index contributed by atoms with van der Waals surface area (Å²) in [5.74, 6) is 2.16. The van der Waals surface area contributed by atoms with Crippen molar-refractivity contribution in [2.24, 2.45) is 0 Å². The van der Waals surface area contributed by atoms with E-state index in [1.807, 2.05) is 19.1 Å². The van der Waals surface area contributed by atoms with Crippen LogP contribution in [0.2, 0.25) is 0 Å². The van der Waals surface area contributed by atoms with E-state index in [1.54, 1.807) is 19.2 Å². The lowest BCUT2D eigenvalue weighted by Crippen LogP contribution is -2.22. The van der Waals surface area contributed by atoms with Gasteiger partial charge in [0.25, 0.3) is 5.91 Å². The van der Waals surface area contributed by atoms with E-state index < -0.39 is 0 Å². The first-order valence-electron chi connectivity index (χ1n) is 8.30. The standard InChI is InChI=1S/C18H22N4O3/c1-13-5-6-14(15(9-13)24-2)25-11-18(23)21-16-10-17(20-12-19-16)22-7-3-4-8-22/h5-6,9-10,12H,3-4,7-8,11H2,1-2H3,(H,19,20,21,23). The van der Waals surface area contributed by atoms with Crippen molar-refractivity contribution >= 4 is 17.5 Å². The van der Waals surface area contributed by atoms with Gasteiger partial charge in [0.15, 0.2) is 18.1 Å². The monoisotopic (exact) mass is 342 g/mol. The molecule has 0 atom stereocenters. The number of aromatic nitrogens is 2. The predicted octanol–water partition coefficient (Wildman–Crippen LogP) is 2.41. The molecular formula is C18H22N4O3. The highest BCUT2D eigenvalue weighted by molar-refractivity contribution is 5.91. The van der Waals surface area contributed by atoms with Crippen molar-refractivity contribution in [3.8, 4) is 11.5 Å². The highest BCUT2D eigenvalue weighted by Gasteiger charge is 2.15. The number of methoxy groups -OCH3 is 1. The molecule has 0 radical (unpaired) electrons. The van der Waals surface area contributed by atoms with Crippen LogP contribution in [-0.2, 0) is 4.79 Å². The molecule has 1 aliphatic heterocycles. The lowest BCUT2D eigenvalue weighted by atomic mass is 10.2. The Kier molecular flexibility index (Phi) is 5.33. The van der Waals surface area contributed by atoms with Crippen molar-refractivity contribution in [1.82, 2.24) is 9.97 Å². The van der Waals surface area contributed by atoms with Crippen LogP contribution in [0.5, 0.6) is 11.5 Å². The van der Waals surface area contributed by atoms with Crippen molar-refractivity contribution in [1.29, 1.82) is 0 Å². The number of anilines is 2. The second-order valence-electron chi connectivity index (χ2n) is 5.95. The summed E-state index contributed by atoms with van der Waals surface area (Å²) < 4.78 is 10.8. The van der Waals surface area contributed by atoms with Crippen LogP contribution in [0.4, 0.5) is 11.6 Å². The highest BCUT2D eigenvalue weighted by atomic mass is 16.5. The van der Waals surface area contributed by atoms with E-state index in [2.05, 4.69) is 20.2 Å². The van der Waals surface area contributed by atoms with Gasteiger partial charge in [-0.25, -0.2) is 9.97 Å². The normalized spacial score (nSPS) is 13.6. The molecule has 1 amide bonds. The summed E-state index contributed by atoms with van der Waals surface area (Å²) in [6, 6.07) is 7.34. The molecular weight excluding hydrogens is 320 g/mol. The zero-order valence-corrected chi connectivity index (χ0v) is 14.5. The average Bonchev–Trinajstić information content (AvgIpc) is 3.15. The highest BCUT2D eigenvalue weighted by Crippen LogP contribution is 2.27. The molecule has 7 heteroatoms. The molecule has 1 aromatic carbocycles. The van der Waals surface area contributed by atoms with Gasteiger partial charge in [-0.15, -0.1) is 0 Å². The summed E-state index contributed by atoms with van der Waals surface area (Å²) in [5.41, 5.74) is 1.06. The Morgan fingerprint density at radius 2 is 2.00 bits per heavy atom. The van der Waals surface area contributed by atoms with Gasteiger partial charge in [0.05, 0.1) is 7.11 Å². The molecule has 7 nitrogen and oxygen atoms in total. The number of amides is 1. The quantitative estimate of drug-likeness (QED) is 0.869. The molecule has 2 heterocycles. The van der Waals surface area contributed by atoms with Gasteiger partial charge in [-0.2, -0.15) is 0 Å². The van der Waals surface area contributed by atoms with Gasteiger partial charge < -0.3 is 19.7 Å². The summed E-state index contributed by atoms with van der Waals surface area (Å²) >= 11 is 0. The maximum Gasteiger partial charge on any atom is 0.263 e. The van der Waals surface area contributed by atoms with Crippen LogP contribution in [0.25, 0.3) is 0 Å². The predicted molar refractivity (Wildman–Crippen MR) is 95.3 cm³/mol. The van der Waals surface area contributed by atoms with Crippen LogP contribution in [0, 0.1) is 6.92 Å². The second-order valence-corrected chi connectivity index (χ2v) is 5.95. The topological polar surface area (TPSA) is 76.6 Å². The van der Waals surface area contributed by atoms with Crippen molar-refractivity contribution in [3.05, 3.63) is 36.2 Å². The minimum atomic E-state index is -0.284. The molecule has 3 rings (SSSR count). The molecule has 2 aromatic rings. The molecule has 0 saturated carbocycles. The fraction of sp³-hybridized carbons (Fsp3) is 0.389. The smallest absolute Gasteiger partial charge is 0.263 e. The summed E-state index contributed by atoms with van der Waals surface area (Å²) in [4.78, 5) is 22.7. The van der Waals surface area contributed by atoms with E-state index >= 15 is 0 Å². The molecule has 1 N–H and O–H groups in total. The van der Waals surface area contributed by atoms with E-state index in [1.165, 1.54) is 6.33 Å². The third kappa shape index (κ3) is 4.37. The molecule has 0 bridgehead atoms. The molecule has 0 spiro atoms. The van der Waals surface area contributed by atoms with Crippen LogP contribution in [0.15, 0.2) is 30.6 Å². The lowest BCUT2D eigenvalue weighted by Gasteiger charge is -2.16. The van der Waals surface area contributed by atoms with Gasteiger partial charge in [-0.1, -0.05) is 6.07 Å². The fourth-order valence-electron chi connectivity index (χ4n) is 2.75. The number of hydrogen-bond donors (Lipinski definition) is 1. The number of nitrogens with zero attached hydrogens (tertiary/aromatic N) is 3. The third-order valence-corrected chi connectivity index (χ3v) is 4.03. The minimum Gasteiger partial charge on any atom is -0.493 e. The Morgan fingerprint density at radius 3 is 2.76 bits per heavy atom. The van der Waals surface area contributed by atoms with E-state index in [9.17, 15) is 4.79 Å². The van der Waals surface area contributed by atoms with E-state index in [-0.39, 0.29) is 12.5 Å². The van der Waals surface area contributed by atoms with Crippen LogP contribution in [0.3, 0.4) is 0 Å². The van der Waals surface area contributed by atoms with Crippen LogP contribution >= 0.6 is 0 Å². The van der Waals surface area contributed by atoms with E-state index in [4.69, 9.17) is 9.47 Å². The third-order valence-electron chi connectivity index (χ3n) is 4.03. The first-order valence-corrected chi connectivity index (χ1v) is 8.30. The molecule has 1 fully saturated rings. The Labute approximate surface area is 147 Å². The summed E-state index contributed by atoms with van der Waals surface area (Å²) in [6.45, 7) is 3.82. The van der Waals surface area contributed by atoms with Crippen molar-refractivity contribution in [3.63, 3.8) is 0 Å². The molecule has 25 heavy (non-hydrogen) atoms. The molecule has 0 aliphatic carbocycles. The van der Waals surface area contributed by atoms with Gasteiger partial charge in [-0.05, 0) is 37.5 Å². The Bertz CT molecular complexity index is 745. The van der Waals surface area contributed by atoms with Crippen LogP contribution in [0.1, 0.15) is 18.4 Å². The number of nitrogens with one attached hydrogen (secondary N) is 1. The number of carbonyl (C=O) groups is 1.